The van der Waals surface area contributed by atoms with Gasteiger partial charge in [-0.05, 0) is 60.2 Å². The Labute approximate surface area is 202 Å². The van der Waals surface area contributed by atoms with Crippen LogP contribution in [-0.4, -0.2) is 16.8 Å². The molecule has 0 aliphatic rings. The zero-order valence-corrected chi connectivity index (χ0v) is 20.4. The number of amides is 2. The van der Waals surface area contributed by atoms with Crippen LogP contribution in [0.15, 0.2) is 75.5 Å². The Morgan fingerprint density at radius 1 is 0.969 bits per heavy atom. The molecule has 3 aromatic carbocycles. The van der Waals surface area contributed by atoms with Crippen LogP contribution in [0.2, 0.25) is 0 Å². The Morgan fingerprint density at radius 3 is 2.41 bits per heavy atom. The molecular weight excluding hydrogens is 506 g/mol. The molecule has 0 aliphatic carbocycles. The van der Waals surface area contributed by atoms with Crippen LogP contribution in [0.1, 0.15) is 29.3 Å². The summed E-state index contributed by atoms with van der Waals surface area (Å²) in [5, 5.41) is 5.78. The third kappa shape index (κ3) is 5.76. The summed E-state index contributed by atoms with van der Waals surface area (Å²) in [6.07, 6.45) is 0.451. The molecule has 2 N–H and O–H groups in total. The lowest BCUT2D eigenvalue weighted by molar-refractivity contribution is -0.115. The molecule has 8 heteroatoms. The lowest BCUT2D eigenvalue weighted by Crippen LogP contribution is -2.11. The number of nitrogens with zero attached hydrogens (tertiary/aromatic N) is 1. The van der Waals surface area contributed by atoms with E-state index >= 15 is 0 Å². The van der Waals surface area contributed by atoms with Crippen molar-refractivity contribution in [1.29, 1.82) is 0 Å². The highest BCUT2D eigenvalue weighted by atomic mass is 79.9. The van der Waals surface area contributed by atoms with E-state index in [1.807, 2.05) is 73.7 Å². The number of benzene rings is 3. The summed E-state index contributed by atoms with van der Waals surface area (Å²) in [4.78, 5) is 28.7. The van der Waals surface area contributed by atoms with Crippen molar-refractivity contribution in [3.05, 3.63) is 82.3 Å². The van der Waals surface area contributed by atoms with Crippen molar-refractivity contribution in [2.24, 2.45) is 0 Å². The number of hydrogen-bond donors (Lipinski definition) is 2. The summed E-state index contributed by atoms with van der Waals surface area (Å²) in [7, 11) is 0. The number of thiazole rings is 1. The SMILES string of the molecule is CCC(=O)Nc1ccc2nc(SCc3ccc(C(=O)Nc4ccc(Br)cc4)cc3)sc2c1. The van der Waals surface area contributed by atoms with Crippen molar-refractivity contribution in [3.63, 3.8) is 0 Å². The van der Waals surface area contributed by atoms with Crippen molar-refractivity contribution in [3.8, 4) is 0 Å². The molecule has 4 aromatic rings. The van der Waals surface area contributed by atoms with E-state index in [-0.39, 0.29) is 11.8 Å². The van der Waals surface area contributed by atoms with E-state index in [2.05, 4.69) is 31.5 Å². The van der Waals surface area contributed by atoms with Gasteiger partial charge in [0, 0.05) is 33.6 Å². The lowest BCUT2D eigenvalue weighted by Gasteiger charge is -2.06. The molecule has 1 aromatic heterocycles. The average molecular weight is 526 g/mol. The first-order valence-electron chi connectivity index (χ1n) is 9.99. The quantitative estimate of drug-likeness (QED) is 0.256. The van der Waals surface area contributed by atoms with Gasteiger partial charge >= 0.3 is 0 Å². The number of hydrogen-bond acceptors (Lipinski definition) is 5. The summed E-state index contributed by atoms with van der Waals surface area (Å²) in [5.74, 6) is 0.620. The largest absolute Gasteiger partial charge is 0.326 e. The van der Waals surface area contributed by atoms with E-state index in [9.17, 15) is 9.59 Å². The molecule has 2 amide bonds. The minimum absolute atomic E-state index is 0.00238. The molecule has 0 aliphatic heterocycles. The maximum atomic E-state index is 12.4. The van der Waals surface area contributed by atoms with Crippen molar-refractivity contribution in [2.75, 3.05) is 10.6 Å². The fourth-order valence-corrected chi connectivity index (χ4v) is 5.25. The second-order valence-corrected chi connectivity index (χ2v) is 10.2. The maximum absolute atomic E-state index is 12.4. The average Bonchev–Trinajstić information content (AvgIpc) is 3.21. The number of carbonyl (C=O) groups is 2. The lowest BCUT2D eigenvalue weighted by atomic mass is 10.1. The highest BCUT2D eigenvalue weighted by molar-refractivity contribution is 9.10. The molecule has 0 spiro atoms. The van der Waals surface area contributed by atoms with E-state index in [0.29, 0.717) is 12.0 Å². The molecule has 0 radical (unpaired) electrons. The minimum atomic E-state index is -0.135. The Morgan fingerprint density at radius 2 is 1.69 bits per heavy atom. The van der Waals surface area contributed by atoms with Crippen molar-refractivity contribution < 1.29 is 9.59 Å². The number of rotatable bonds is 7. The molecule has 0 fully saturated rings. The predicted molar refractivity (Wildman–Crippen MR) is 137 cm³/mol. The number of carbonyl (C=O) groups excluding carboxylic acids is 2. The first kappa shape index (κ1) is 22.5. The van der Waals surface area contributed by atoms with Crippen LogP contribution in [0, 0.1) is 0 Å². The number of thioether (sulfide) groups is 1. The highest BCUT2D eigenvalue weighted by Gasteiger charge is 2.09. The monoisotopic (exact) mass is 525 g/mol. The van der Waals surface area contributed by atoms with Gasteiger partial charge in [-0.15, -0.1) is 11.3 Å². The van der Waals surface area contributed by atoms with Crippen LogP contribution in [0.4, 0.5) is 11.4 Å². The number of fused-ring (bicyclic) bond motifs is 1. The first-order valence-corrected chi connectivity index (χ1v) is 12.6. The topological polar surface area (TPSA) is 71.1 Å². The van der Waals surface area contributed by atoms with Gasteiger partial charge in [0.1, 0.15) is 0 Å². The van der Waals surface area contributed by atoms with Crippen LogP contribution in [0.3, 0.4) is 0 Å². The van der Waals surface area contributed by atoms with Gasteiger partial charge in [0.15, 0.2) is 4.34 Å². The molecule has 4 rings (SSSR count). The van der Waals surface area contributed by atoms with Gasteiger partial charge < -0.3 is 10.6 Å². The molecule has 0 atom stereocenters. The van der Waals surface area contributed by atoms with E-state index in [1.165, 1.54) is 0 Å². The number of nitrogens with one attached hydrogen (secondary N) is 2. The van der Waals surface area contributed by atoms with E-state index in [4.69, 9.17) is 0 Å². The number of halogens is 1. The van der Waals surface area contributed by atoms with Crippen LogP contribution in [-0.2, 0) is 10.5 Å². The number of anilines is 2. The van der Waals surface area contributed by atoms with Gasteiger partial charge in [-0.1, -0.05) is 46.7 Å². The highest BCUT2D eigenvalue weighted by Crippen LogP contribution is 2.33. The van der Waals surface area contributed by atoms with Crippen molar-refractivity contribution in [1.82, 2.24) is 4.98 Å². The summed E-state index contributed by atoms with van der Waals surface area (Å²) in [6, 6.07) is 20.9. The van der Waals surface area contributed by atoms with E-state index in [1.54, 1.807) is 23.1 Å². The Balaban J connectivity index is 1.36. The van der Waals surface area contributed by atoms with Crippen LogP contribution < -0.4 is 10.6 Å². The summed E-state index contributed by atoms with van der Waals surface area (Å²) < 4.78 is 2.98. The third-order valence-electron chi connectivity index (χ3n) is 4.65. The predicted octanol–water partition coefficient (Wildman–Crippen LogP) is 6.95. The molecular formula is C24H20BrN3O2S2. The fraction of sp³-hybridized carbons (Fsp3) is 0.125. The summed E-state index contributed by atoms with van der Waals surface area (Å²) in [5.41, 5.74) is 4.20. The smallest absolute Gasteiger partial charge is 0.255 e. The van der Waals surface area contributed by atoms with E-state index in [0.717, 1.165) is 41.7 Å². The van der Waals surface area contributed by atoms with Crippen LogP contribution >= 0.6 is 39.0 Å². The minimum Gasteiger partial charge on any atom is -0.326 e. The van der Waals surface area contributed by atoms with Gasteiger partial charge in [-0.2, -0.15) is 0 Å². The molecule has 1 heterocycles. The van der Waals surface area contributed by atoms with Gasteiger partial charge in [0.2, 0.25) is 5.91 Å². The fourth-order valence-electron chi connectivity index (χ4n) is 2.93. The maximum Gasteiger partial charge on any atom is 0.255 e. The zero-order chi connectivity index (χ0) is 22.5. The third-order valence-corrected chi connectivity index (χ3v) is 7.42. The van der Waals surface area contributed by atoms with Crippen molar-refractivity contribution in [2.45, 2.75) is 23.4 Å². The van der Waals surface area contributed by atoms with E-state index < -0.39 is 0 Å². The van der Waals surface area contributed by atoms with Gasteiger partial charge in [-0.25, -0.2) is 4.98 Å². The Kier molecular flexibility index (Phi) is 7.24. The normalized spacial score (nSPS) is 10.8. The first-order chi connectivity index (χ1) is 15.5. The molecule has 0 saturated heterocycles. The Hall–Kier alpha value is -2.68. The number of aromatic nitrogens is 1. The molecule has 5 nitrogen and oxygen atoms in total. The van der Waals surface area contributed by atoms with Crippen LogP contribution in [0.5, 0.6) is 0 Å². The van der Waals surface area contributed by atoms with Gasteiger partial charge in [-0.3, -0.25) is 9.59 Å². The second kappa shape index (κ2) is 10.3. The molecule has 0 unspecified atom stereocenters. The van der Waals surface area contributed by atoms with Crippen molar-refractivity contribution >= 4 is 72.4 Å². The second-order valence-electron chi connectivity index (χ2n) is 7.01. The van der Waals surface area contributed by atoms with Crippen LogP contribution in [0.25, 0.3) is 10.2 Å². The summed E-state index contributed by atoms with van der Waals surface area (Å²) in [6.45, 7) is 1.83. The standard InChI is InChI=1S/C24H20BrN3O2S2/c1-2-22(29)26-19-11-12-20-21(13-19)32-24(28-20)31-14-15-3-5-16(6-4-15)23(30)27-18-9-7-17(25)8-10-18/h3-13H,2,14H2,1H3,(H,26,29)(H,27,30). The van der Waals surface area contributed by atoms with Gasteiger partial charge in [0.05, 0.1) is 10.2 Å². The van der Waals surface area contributed by atoms with Gasteiger partial charge in [0.25, 0.3) is 5.91 Å². The molecule has 0 saturated carbocycles. The molecule has 0 bridgehead atoms. The zero-order valence-electron chi connectivity index (χ0n) is 17.2. The molecule has 32 heavy (non-hydrogen) atoms. The Bertz CT molecular complexity index is 1250. The summed E-state index contributed by atoms with van der Waals surface area (Å²) >= 11 is 6.65. The molecule has 162 valence electrons.